The average molecular weight is 202 g/mol. The predicted molar refractivity (Wildman–Crippen MR) is 64.5 cm³/mol. The molecule has 15 heavy (non-hydrogen) atoms. The van der Waals surface area contributed by atoms with Gasteiger partial charge in [0, 0.05) is 0 Å². The molecule has 0 fully saturated rings. The van der Waals surface area contributed by atoms with E-state index >= 15 is 0 Å². The van der Waals surface area contributed by atoms with E-state index in [9.17, 15) is 0 Å². The molecule has 0 amide bonds. The Morgan fingerprint density at radius 2 is 1.67 bits per heavy atom. The van der Waals surface area contributed by atoms with Gasteiger partial charge in [-0.05, 0) is 31.9 Å². The Morgan fingerprint density at radius 3 is 2.13 bits per heavy atom. The zero-order valence-corrected chi connectivity index (χ0v) is 9.71. The fourth-order valence-corrected chi connectivity index (χ4v) is 1.29. The molecule has 0 saturated heterocycles. The molecule has 1 rings (SSSR count). The summed E-state index contributed by atoms with van der Waals surface area (Å²) in [5.41, 5.74) is 1.63. The van der Waals surface area contributed by atoms with Crippen molar-refractivity contribution >= 4 is 0 Å². The van der Waals surface area contributed by atoms with Crippen LogP contribution in [0.25, 0.3) is 0 Å². The third-order valence-corrected chi connectivity index (χ3v) is 2.32. The van der Waals surface area contributed by atoms with Crippen LogP contribution < -0.4 is 0 Å². The molecule has 1 heteroatoms. The molecule has 0 heterocycles. The zero-order chi connectivity index (χ0) is 11.5. The second-order valence-corrected chi connectivity index (χ2v) is 4.18. The Bertz CT molecular complexity index is 360. The smallest absolute Gasteiger partial charge is 0.128 e. The maximum atomic E-state index is 5.79. The Hall–Kier alpha value is -1.50. The van der Waals surface area contributed by atoms with Gasteiger partial charge in [-0.2, -0.15) is 0 Å². The Kier molecular flexibility index (Phi) is 3.35. The minimum Gasteiger partial charge on any atom is -0.484 e. The first kappa shape index (κ1) is 11.6. The minimum absolute atomic E-state index is 0.364. The van der Waals surface area contributed by atoms with Crippen molar-refractivity contribution in [1.82, 2.24) is 0 Å². The quantitative estimate of drug-likeness (QED) is 0.529. The van der Waals surface area contributed by atoms with E-state index in [0.29, 0.717) is 5.76 Å². The van der Waals surface area contributed by atoms with Gasteiger partial charge in [-0.1, -0.05) is 43.5 Å². The highest BCUT2D eigenvalue weighted by Gasteiger charge is 2.22. The third kappa shape index (κ3) is 2.98. The number of ether oxygens (including phenoxy) is 1. The second-order valence-electron chi connectivity index (χ2n) is 4.18. The highest BCUT2D eigenvalue weighted by molar-refractivity contribution is 5.24. The number of benzene rings is 1. The molecular formula is C14H18O. The van der Waals surface area contributed by atoms with Gasteiger partial charge >= 0.3 is 0 Å². The molecule has 0 aliphatic carbocycles. The van der Waals surface area contributed by atoms with E-state index in [1.54, 1.807) is 0 Å². The molecule has 0 atom stereocenters. The molecule has 1 nitrogen and oxygen atoms in total. The van der Waals surface area contributed by atoms with Crippen molar-refractivity contribution in [1.29, 1.82) is 0 Å². The molecule has 80 valence electrons. The van der Waals surface area contributed by atoms with Crippen molar-refractivity contribution in [2.45, 2.75) is 26.4 Å². The van der Waals surface area contributed by atoms with Crippen molar-refractivity contribution in [3.63, 3.8) is 0 Å². The summed E-state index contributed by atoms with van der Waals surface area (Å²) >= 11 is 0. The van der Waals surface area contributed by atoms with Crippen LogP contribution in [0.3, 0.4) is 0 Å². The summed E-state index contributed by atoms with van der Waals surface area (Å²) in [4.78, 5) is 0. The fourth-order valence-electron chi connectivity index (χ4n) is 1.29. The summed E-state index contributed by atoms with van der Waals surface area (Å²) in [6.45, 7) is 13.6. The van der Waals surface area contributed by atoms with E-state index < -0.39 is 0 Å². The average Bonchev–Trinajstić information content (AvgIpc) is 2.18. The number of rotatable bonds is 4. The van der Waals surface area contributed by atoms with Crippen LogP contribution in [-0.2, 0) is 10.3 Å². The molecule has 0 bridgehead atoms. The van der Waals surface area contributed by atoms with Gasteiger partial charge in [0.25, 0.3) is 0 Å². The standard InChI is InChI=1S/C14H18O/c1-11(2)12(3)15-14(4,5)13-9-7-6-8-10-13/h6-10H,1,3H2,2,4-5H3. The van der Waals surface area contributed by atoms with Crippen LogP contribution in [0.4, 0.5) is 0 Å². The number of allylic oxidation sites excluding steroid dienone is 1. The van der Waals surface area contributed by atoms with Crippen molar-refractivity contribution < 1.29 is 4.74 Å². The Labute approximate surface area is 92.1 Å². The lowest BCUT2D eigenvalue weighted by atomic mass is 9.98. The Balaban J connectivity index is 2.85. The van der Waals surface area contributed by atoms with Gasteiger partial charge in [0.1, 0.15) is 11.4 Å². The van der Waals surface area contributed by atoms with Crippen LogP contribution in [0.1, 0.15) is 26.3 Å². The summed E-state index contributed by atoms with van der Waals surface area (Å²) < 4.78 is 5.79. The van der Waals surface area contributed by atoms with Crippen LogP contribution in [0, 0.1) is 0 Å². The summed E-state index contributed by atoms with van der Waals surface area (Å²) in [5.74, 6) is 0.642. The fraction of sp³-hybridized carbons (Fsp3) is 0.286. The van der Waals surface area contributed by atoms with Gasteiger partial charge in [0.05, 0.1) is 0 Å². The molecule has 1 aromatic rings. The SMILES string of the molecule is C=C(C)C(=C)OC(C)(C)c1ccccc1. The van der Waals surface area contributed by atoms with E-state index in [0.717, 1.165) is 11.1 Å². The van der Waals surface area contributed by atoms with Crippen molar-refractivity contribution in [2.75, 3.05) is 0 Å². The summed E-state index contributed by atoms with van der Waals surface area (Å²) in [6.07, 6.45) is 0. The van der Waals surface area contributed by atoms with E-state index in [2.05, 4.69) is 13.2 Å². The normalized spacial score (nSPS) is 10.9. The maximum Gasteiger partial charge on any atom is 0.128 e. The molecule has 1 aromatic carbocycles. The van der Waals surface area contributed by atoms with E-state index in [4.69, 9.17) is 4.74 Å². The first-order valence-electron chi connectivity index (χ1n) is 5.03. The summed E-state index contributed by atoms with van der Waals surface area (Å²) in [6, 6.07) is 10.1. The Morgan fingerprint density at radius 1 is 1.13 bits per heavy atom. The number of hydrogen-bond acceptors (Lipinski definition) is 1. The van der Waals surface area contributed by atoms with Gasteiger partial charge in [0.15, 0.2) is 0 Å². The summed E-state index contributed by atoms with van der Waals surface area (Å²) in [5, 5.41) is 0. The lowest BCUT2D eigenvalue weighted by molar-refractivity contribution is 0.0375. The van der Waals surface area contributed by atoms with Crippen LogP contribution in [-0.4, -0.2) is 0 Å². The van der Waals surface area contributed by atoms with Crippen LogP contribution in [0.5, 0.6) is 0 Å². The van der Waals surface area contributed by atoms with E-state index in [1.165, 1.54) is 0 Å². The predicted octanol–water partition coefficient (Wildman–Crippen LogP) is 4.03. The molecule has 0 aliphatic rings. The van der Waals surface area contributed by atoms with Gasteiger partial charge in [-0.25, -0.2) is 0 Å². The lowest BCUT2D eigenvalue weighted by Gasteiger charge is -2.28. The van der Waals surface area contributed by atoms with Gasteiger partial charge in [-0.15, -0.1) is 0 Å². The van der Waals surface area contributed by atoms with E-state index in [-0.39, 0.29) is 5.60 Å². The molecule has 0 aliphatic heterocycles. The maximum absolute atomic E-state index is 5.79. The molecule has 0 spiro atoms. The summed E-state index contributed by atoms with van der Waals surface area (Å²) in [7, 11) is 0. The zero-order valence-electron chi connectivity index (χ0n) is 9.71. The van der Waals surface area contributed by atoms with Crippen molar-refractivity contribution in [3.05, 3.63) is 60.4 Å². The van der Waals surface area contributed by atoms with Gasteiger partial charge in [0.2, 0.25) is 0 Å². The topological polar surface area (TPSA) is 9.23 Å². The third-order valence-electron chi connectivity index (χ3n) is 2.32. The molecule has 0 unspecified atom stereocenters. The minimum atomic E-state index is -0.364. The van der Waals surface area contributed by atoms with Crippen LogP contribution >= 0.6 is 0 Å². The first-order valence-corrected chi connectivity index (χ1v) is 5.03. The van der Waals surface area contributed by atoms with Crippen LogP contribution in [0.15, 0.2) is 54.8 Å². The van der Waals surface area contributed by atoms with Gasteiger partial charge < -0.3 is 4.74 Å². The molecule has 0 aromatic heterocycles. The second kappa shape index (κ2) is 4.35. The largest absolute Gasteiger partial charge is 0.484 e. The highest BCUT2D eigenvalue weighted by Crippen LogP contribution is 2.28. The molecule has 0 N–H and O–H groups in total. The van der Waals surface area contributed by atoms with E-state index in [1.807, 2.05) is 51.1 Å². The lowest BCUT2D eigenvalue weighted by Crippen LogP contribution is -2.21. The van der Waals surface area contributed by atoms with Crippen molar-refractivity contribution in [2.24, 2.45) is 0 Å². The monoisotopic (exact) mass is 202 g/mol. The molecular weight excluding hydrogens is 184 g/mol. The number of hydrogen-bond donors (Lipinski definition) is 0. The first-order chi connectivity index (χ1) is 6.93. The van der Waals surface area contributed by atoms with Crippen LogP contribution in [0.2, 0.25) is 0 Å². The highest BCUT2D eigenvalue weighted by atomic mass is 16.5. The molecule has 0 radical (unpaired) electrons. The van der Waals surface area contributed by atoms with Crippen molar-refractivity contribution in [3.8, 4) is 0 Å². The molecule has 0 saturated carbocycles. The van der Waals surface area contributed by atoms with Gasteiger partial charge in [-0.3, -0.25) is 0 Å².